The van der Waals surface area contributed by atoms with Gasteiger partial charge in [0, 0.05) is 12.8 Å². The second-order valence-corrected chi connectivity index (χ2v) is 4.73. The number of ether oxygens (including phenoxy) is 2. The molecule has 0 heterocycles. The van der Waals surface area contributed by atoms with E-state index in [4.69, 9.17) is 10.2 Å². The average Bonchev–Trinajstić information content (AvgIpc) is 2.45. The van der Waals surface area contributed by atoms with Gasteiger partial charge in [-0.15, -0.1) is 0 Å². The van der Waals surface area contributed by atoms with Gasteiger partial charge in [-0.2, -0.15) is 0 Å². The van der Waals surface area contributed by atoms with E-state index in [2.05, 4.69) is 9.47 Å². The van der Waals surface area contributed by atoms with Crippen LogP contribution in [0.3, 0.4) is 0 Å². The van der Waals surface area contributed by atoms with Crippen LogP contribution in [-0.2, 0) is 28.7 Å². The number of hydrogen-bond donors (Lipinski definition) is 2. The Balaban J connectivity index is 3.33. The van der Waals surface area contributed by atoms with Gasteiger partial charge in [-0.25, -0.2) is 9.59 Å². The van der Waals surface area contributed by atoms with E-state index < -0.39 is 37.1 Å². The summed E-state index contributed by atoms with van der Waals surface area (Å²) in [5.74, 6) is -3.36. The van der Waals surface area contributed by atoms with Gasteiger partial charge < -0.3 is 19.7 Å². The van der Waals surface area contributed by atoms with E-state index >= 15 is 0 Å². The largest absolute Gasteiger partial charge is 0.479 e. The summed E-state index contributed by atoms with van der Waals surface area (Å²) in [5.41, 5.74) is 0. The van der Waals surface area contributed by atoms with Crippen LogP contribution in [0.4, 0.5) is 0 Å². The summed E-state index contributed by atoms with van der Waals surface area (Å²) in [6.45, 7) is -1.20. The van der Waals surface area contributed by atoms with E-state index in [9.17, 15) is 19.2 Å². The fourth-order valence-corrected chi connectivity index (χ4v) is 1.67. The van der Waals surface area contributed by atoms with Crippen molar-refractivity contribution in [1.82, 2.24) is 0 Å². The maximum Gasteiger partial charge on any atom is 0.341 e. The molecule has 0 unspecified atom stereocenters. The number of carbonyl (C=O) groups is 4. The topological polar surface area (TPSA) is 127 Å². The highest BCUT2D eigenvalue weighted by atomic mass is 16.6. The Morgan fingerprint density at radius 3 is 1.23 bits per heavy atom. The van der Waals surface area contributed by atoms with Crippen molar-refractivity contribution in [3.05, 3.63) is 0 Å². The summed E-state index contributed by atoms with van der Waals surface area (Å²) in [6, 6.07) is 0. The fourth-order valence-electron chi connectivity index (χ4n) is 1.67. The summed E-state index contributed by atoms with van der Waals surface area (Å²) in [5, 5.41) is 16.6. The summed E-state index contributed by atoms with van der Waals surface area (Å²) in [6.07, 6.45) is 5.13. The maximum absolute atomic E-state index is 11.1. The molecule has 0 aliphatic heterocycles. The van der Waals surface area contributed by atoms with E-state index in [1.54, 1.807) is 0 Å². The number of carbonyl (C=O) groups excluding carboxylic acids is 2. The zero-order valence-electron chi connectivity index (χ0n) is 12.4. The number of unbranched alkanes of at least 4 members (excludes halogenated alkanes) is 5. The predicted octanol–water partition coefficient (Wildman–Crippen LogP) is 1.36. The molecule has 0 atom stereocenters. The van der Waals surface area contributed by atoms with Gasteiger partial charge in [0.1, 0.15) is 0 Å². The Kier molecular flexibility index (Phi) is 11.4. The van der Waals surface area contributed by atoms with Crippen molar-refractivity contribution in [3.63, 3.8) is 0 Å². The fraction of sp³-hybridized carbons (Fsp3) is 0.714. The predicted molar refractivity (Wildman–Crippen MR) is 74.1 cm³/mol. The molecule has 0 spiro atoms. The standard InChI is InChI=1S/C14H22O8/c15-11(16)9-21-13(19)7-5-3-1-2-4-6-8-14(20)22-10-12(17)18/h1-10H2,(H,15,16)(H,17,18). The molecule has 0 bridgehead atoms. The Hall–Kier alpha value is -2.12. The van der Waals surface area contributed by atoms with Crippen molar-refractivity contribution in [2.24, 2.45) is 0 Å². The molecule has 0 radical (unpaired) electrons. The number of carboxylic acid groups (broad SMARTS) is 2. The molecular formula is C14H22O8. The molecule has 0 aromatic carbocycles. The lowest BCUT2D eigenvalue weighted by molar-refractivity contribution is -0.155. The SMILES string of the molecule is O=C(O)COC(=O)CCCCCCCCC(=O)OCC(=O)O. The summed E-state index contributed by atoms with van der Waals surface area (Å²) in [4.78, 5) is 42.5. The second kappa shape index (κ2) is 12.6. The molecule has 0 aromatic heterocycles. The van der Waals surface area contributed by atoms with Crippen molar-refractivity contribution in [2.45, 2.75) is 51.4 Å². The minimum atomic E-state index is -1.17. The number of carboxylic acids is 2. The summed E-state index contributed by atoms with van der Waals surface area (Å²) < 4.78 is 8.97. The molecule has 8 nitrogen and oxygen atoms in total. The first kappa shape index (κ1) is 19.9. The Morgan fingerprint density at radius 1 is 0.591 bits per heavy atom. The van der Waals surface area contributed by atoms with Crippen LogP contribution in [0, 0.1) is 0 Å². The molecule has 0 amide bonds. The number of aliphatic carboxylic acids is 2. The monoisotopic (exact) mass is 318 g/mol. The molecule has 2 N–H and O–H groups in total. The smallest absolute Gasteiger partial charge is 0.341 e. The Morgan fingerprint density at radius 2 is 0.909 bits per heavy atom. The highest BCUT2D eigenvalue weighted by molar-refractivity contribution is 5.75. The first-order chi connectivity index (χ1) is 10.4. The third-order valence-corrected chi connectivity index (χ3v) is 2.73. The van der Waals surface area contributed by atoms with Crippen LogP contribution in [0.15, 0.2) is 0 Å². The summed E-state index contributed by atoms with van der Waals surface area (Å²) in [7, 11) is 0. The second-order valence-electron chi connectivity index (χ2n) is 4.73. The molecule has 22 heavy (non-hydrogen) atoms. The van der Waals surface area contributed by atoms with Crippen molar-refractivity contribution in [1.29, 1.82) is 0 Å². The van der Waals surface area contributed by atoms with Crippen molar-refractivity contribution >= 4 is 23.9 Å². The van der Waals surface area contributed by atoms with Crippen LogP contribution < -0.4 is 0 Å². The van der Waals surface area contributed by atoms with Crippen LogP contribution in [-0.4, -0.2) is 47.3 Å². The third-order valence-electron chi connectivity index (χ3n) is 2.73. The van der Waals surface area contributed by atoms with Gasteiger partial charge in [0.25, 0.3) is 0 Å². The van der Waals surface area contributed by atoms with E-state index in [1.165, 1.54) is 0 Å². The lowest BCUT2D eigenvalue weighted by atomic mass is 10.1. The highest BCUT2D eigenvalue weighted by Crippen LogP contribution is 2.09. The highest BCUT2D eigenvalue weighted by Gasteiger charge is 2.06. The van der Waals surface area contributed by atoms with Gasteiger partial charge in [-0.3, -0.25) is 9.59 Å². The van der Waals surface area contributed by atoms with Gasteiger partial charge in [-0.05, 0) is 12.8 Å². The number of rotatable bonds is 13. The molecule has 0 aromatic rings. The van der Waals surface area contributed by atoms with Gasteiger partial charge in [-0.1, -0.05) is 25.7 Å². The lowest BCUT2D eigenvalue weighted by Gasteiger charge is -2.03. The molecule has 8 heteroatoms. The zero-order valence-corrected chi connectivity index (χ0v) is 12.4. The van der Waals surface area contributed by atoms with E-state index in [0.29, 0.717) is 12.8 Å². The molecule has 0 saturated heterocycles. The minimum Gasteiger partial charge on any atom is -0.479 e. The molecule has 126 valence electrons. The maximum atomic E-state index is 11.1. The first-order valence-electron chi connectivity index (χ1n) is 7.16. The van der Waals surface area contributed by atoms with E-state index in [-0.39, 0.29) is 12.8 Å². The zero-order chi connectivity index (χ0) is 16.8. The van der Waals surface area contributed by atoms with Crippen LogP contribution in [0.25, 0.3) is 0 Å². The van der Waals surface area contributed by atoms with Crippen LogP contribution in [0.2, 0.25) is 0 Å². The average molecular weight is 318 g/mol. The van der Waals surface area contributed by atoms with Crippen LogP contribution >= 0.6 is 0 Å². The van der Waals surface area contributed by atoms with Crippen LogP contribution in [0.5, 0.6) is 0 Å². The van der Waals surface area contributed by atoms with Gasteiger partial charge in [0.2, 0.25) is 0 Å². The molecule has 0 aliphatic carbocycles. The van der Waals surface area contributed by atoms with Gasteiger partial charge in [0.05, 0.1) is 0 Å². The van der Waals surface area contributed by atoms with Crippen molar-refractivity contribution in [2.75, 3.05) is 13.2 Å². The normalized spacial score (nSPS) is 10.0. The molecule has 0 rings (SSSR count). The van der Waals surface area contributed by atoms with Crippen LogP contribution in [0.1, 0.15) is 51.4 Å². The number of esters is 2. The van der Waals surface area contributed by atoms with Gasteiger partial charge >= 0.3 is 23.9 Å². The Labute approximate surface area is 128 Å². The number of hydrogen-bond acceptors (Lipinski definition) is 6. The van der Waals surface area contributed by atoms with E-state index in [0.717, 1.165) is 25.7 Å². The molecular weight excluding hydrogens is 296 g/mol. The molecule has 0 fully saturated rings. The molecule has 0 saturated carbocycles. The van der Waals surface area contributed by atoms with Crippen molar-refractivity contribution in [3.8, 4) is 0 Å². The Bertz CT molecular complexity index is 341. The first-order valence-corrected chi connectivity index (χ1v) is 7.16. The third kappa shape index (κ3) is 14.3. The minimum absolute atomic E-state index is 0.203. The van der Waals surface area contributed by atoms with Gasteiger partial charge in [0.15, 0.2) is 13.2 Å². The van der Waals surface area contributed by atoms with Crippen molar-refractivity contribution < 1.29 is 38.9 Å². The summed E-state index contributed by atoms with van der Waals surface area (Å²) >= 11 is 0. The van der Waals surface area contributed by atoms with E-state index in [1.807, 2.05) is 0 Å². The quantitative estimate of drug-likeness (QED) is 0.385. The molecule has 0 aliphatic rings. The lowest BCUT2D eigenvalue weighted by Crippen LogP contribution is -2.12.